The van der Waals surface area contributed by atoms with Crippen molar-refractivity contribution in [1.82, 2.24) is 10.2 Å². The number of carbonyl (C=O) groups excluding carboxylic acids is 1. The second-order valence-corrected chi connectivity index (χ2v) is 12.3. The minimum absolute atomic E-state index is 0.0647. The van der Waals surface area contributed by atoms with Crippen LogP contribution >= 0.6 is 11.6 Å². The van der Waals surface area contributed by atoms with Crippen molar-refractivity contribution < 1.29 is 37.3 Å². The van der Waals surface area contributed by atoms with E-state index in [2.05, 4.69) is 27.7 Å². The summed E-state index contributed by atoms with van der Waals surface area (Å²) in [5.74, 6) is -1.20. The summed E-state index contributed by atoms with van der Waals surface area (Å²) in [6, 6.07) is 13.1. The van der Waals surface area contributed by atoms with Gasteiger partial charge in [-0.3, -0.25) is 4.90 Å². The van der Waals surface area contributed by atoms with Crippen LogP contribution in [0.15, 0.2) is 36.4 Å². The molecule has 1 heterocycles. The minimum Gasteiger partial charge on any atom is -0.493 e. The Morgan fingerprint density at radius 1 is 1.00 bits per heavy atom. The van der Waals surface area contributed by atoms with Gasteiger partial charge in [-0.05, 0) is 87.4 Å². The number of carboxylic acid groups (broad SMARTS) is 1. The normalized spacial score (nSPS) is 24.0. The predicted molar refractivity (Wildman–Crippen MR) is 163 cm³/mol. The summed E-state index contributed by atoms with van der Waals surface area (Å²) in [6.07, 6.45) is 5.56. The van der Waals surface area contributed by atoms with Crippen LogP contribution in [-0.2, 0) is 10.2 Å². The van der Waals surface area contributed by atoms with E-state index >= 15 is 0 Å². The number of halogens is 4. The van der Waals surface area contributed by atoms with E-state index in [-0.39, 0.29) is 17.5 Å². The third-order valence-electron chi connectivity index (χ3n) is 9.33. The van der Waals surface area contributed by atoms with Gasteiger partial charge < -0.3 is 25.2 Å². The van der Waals surface area contributed by atoms with Crippen molar-refractivity contribution in [3.8, 4) is 11.5 Å². The van der Waals surface area contributed by atoms with Crippen molar-refractivity contribution in [2.75, 3.05) is 26.1 Å². The summed E-state index contributed by atoms with van der Waals surface area (Å²) in [7, 11) is 3.40. The first-order chi connectivity index (χ1) is 20.9. The number of fused-ring (bicyclic) bond motifs is 1. The maximum Gasteiger partial charge on any atom is 0.490 e. The van der Waals surface area contributed by atoms with E-state index in [9.17, 15) is 18.0 Å². The molecule has 3 aliphatic rings. The van der Waals surface area contributed by atoms with Gasteiger partial charge in [-0.15, -0.1) is 0 Å². The van der Waals surface area contributed by atoms with E-state index in [4.69, 9.17) is 31.0 Å². The Kier molecular flexibility index (Phi) is 10.9. The van der Waals surface area contributed by atoms with Crippen molar-refractivity contribution in [3.05, 3.63) is 52.5 Å². The number of nitrogens with one attached hydrogen (secondary N) is 2. The van der Waals surface area contributed by atoms with E-state index in [1.165, 1.54) is 37.7 Å². The lowest BCUT2D eigenvalue weighted by atomic mass is 9.64. The molecule has 0 bridgehead atoms. The fraction of sp³-hybridized carbons (Fsp3) is 0.562. The van der Waals surface area contributed by atoms with Crippen LogP contribution in [0.5, 0.6) is 11.5 Å². The molecular weight excluding hydrogens is 599 g/mol. The van der Waals surface area contributed by atoms with Crippen LogP contribution in [0.1, 0.15) is 68.9 Å². The number of aliphatic carboxylic acids is 1. The maximum atomic E-state index is 13.0. The van der Waals surface area contributed by atoms with Gasteiger partial charge in [-0.25, -0.2) is 9.59 Å². The summed E-state index contributed by atoms with van der Waals surface area (Å²) >= 11 is 6.16. The second kappa shape index (κ2) is 14.3. The van der Waals surface area contributed by atoms with Gasteiger partial charge in [0.25, 0.3) is 0 Å². The van der Waals surface area contributed by atoms with Crippen molar-refractivity contribution in [2.24, 2.45) is 0 Å². The highest BCUT2D eigenvalue weighted by atomic mass is 35.5. The fourth-order valence-corrected chi connectivity index (χ4v) is 7.29. The average Bonchev–Trinajstić information content (AvgIpc) is 3.39. The molecule has 44 heavy (non-hydrogen) atoms. The van der Waals surface area contributed by atoms with Crippen LogP contribution in [0.3, 0.4) is 0 Å². The Morgan fingerprint density at radius 3 is 2.32 bits per heavy atom. The standard InChI is InChI=1S/C30H40ClN3O3.C2HF3O2/c1-20-9-11-22(31)18-25(20)33-29(35)32-23-13-14-30(21-10-12-26(36-2)27(17-21)37-3)15-16-34(28(30)19-23)24-7-5-4-6-8-24;3-2(4,5)1(6)7/h9-12,17-18,23-24,28H,4-8,13-16,19H2,1-3H3,(H2,32,33,35);(H,6,7). The molecule has 8 nitrogen and oxygen atoms in total. The first kappa shape index (κ1) is 33.7. The molecule has 3 atom stereocenters. The van der Waals surface area contributed by atoms with Gasteiger partial charge >= 0.3 is 18.2 Å². The summed E-state index contributed by atoms with van der Waals surface area (Å²) < 4.78 is 43.0. The summed E-state index contributed by atoms with van der Waals surface area (Å²) in [5, 5.41) is 14.1. The van der Waals surface area contributed by atoms with Crippen molar-refractivity contribution in [1.29, 1.82) is 0 Å². The fourth-order valence-electron chi connectivity index (χ4n) is 7.12. The van der Waals surface area contributed by atoms with Crippen molar-refractivity contribution in [3.63, 3.8) is 0 Å². The lowest BCUT2D eigenvalue weighted by molar-refractivity contribution is -0.192. The SMILES string of the molecule is COc1ccc(C23CCC(NC(=O)Nc4cc(Cl)ccc4C)CC2N(C2CCCCC2)CC3)cc1OC.O=C(O)C(F)(F)F. The van der Waals surface area contributed by atoms with E-state index in [1.54, 1.807) is 20.3 Å². The lowest BCUT2D eigenvalue weighted by Gasteiger charge is -2.47. The number of urea groups is 1. The van der Waals surface area contributed by atoms with Crippen LogP contribution < -0.4 is 20.1 Å². The number of nitrogens with zero attached hydrogens (tertiary/aromatic N) is 1. The van der Waals surface area contributed by atoms with E-state index in [1.807, 2.05) is 25.1 Å². The number of carboxylic acids is 1. The number of likely N-dealkylation sites (tertiary alicyclic amines) is 1. The topological polar surface area (TPSA) is 100 Å². The molecule has 1 saturated heterocycles. The van der Waals surface area contributed by atoms with Crippen molar-refractivity contribution >= 4 is 29.3 Å². The molecule has 3 fully saturated rings. The molecule has 1 aliphatic heterocycles. The smallest absolute Gasteiger partial charge is 0.490 e. The first-order valence-corrected chi connectivity index (χ1v) is 15.4. The number of carbonyl (C=O) groups is 2. The first-order valence-electron chi connectivity index (χ1n) is 15.0. The van der Waals surface area contributed by atoms with Gasteiger partial charge in [0.05, 0.1) is 14.2 Å². The number of amides is 2. The number of rotatable bonds is 6. The summed E-state index contributed by atoms with van der Waals surface area (Å²) in [6.45, 7) is 3.09. The molecule has 12 heteroatoms. The third-order valence-corrected chi connectivity index (χ3v) is 9.56. The van der Waals surface area contributed by atoms with Gasteiger partial charge in [0.15, 0.2) is 11.5 Å². The zero-order valence-electron chi connectivity index (χ0n) is 25.3. The highest BCUT2D eigenvalue weighted by Gasteiger charge is 2.53. The Bertz CT molecular complexity index is 1320. The molecule has 0 radical (unpaired) electrons. The average molecular weight is 640 g/mol. The molecule has 0 spiro atoms. The minimum atomic E-state index is -5.08. The van der Waals surface area contributed by atoms with Crippen LogP contribution in [0.25, 0.3) is 0 Å². The zero-order valence-corrected chi connectivity index (χ0v) is 26.1. The number of hydrogen-bond acceptors (Lipinski definition) is 5. The molecule has 2 saturated carbocycles. The Balaban J connectivity index is 0.000000566. The number of aryl methyl sites for hydroxylation is 1. The molecule has 2 aliphatic carbocycles. The maximum absolute atomic E-state index is 13.0. The zero-order chi connectivity index (χ0) is 32.1. The number of hydrogen-bond donors (Lipinski definition) is 3. The largest absolute Gasteiger partial charge is 0.493 e. The monoisotopic (exact) mass is 639 g/mol. The number of benzene rings is 2. The molecule has 242 valence electrons. The Hall–Kier alpha value is -3.18. The molecular formula is C32H41ClF3N3O5. The second-order valence-electron chi connectivity index (χ2n) is 11.9. The molecule has 3 unspecified atom stereocenters. The van der Waals surface area contributed by atoms with Crippen LogP contribution in [0.2, 0.25) is 5.02 Å². The molecule has 5 rings (SSSR count). The molecule has 2 aromatic rings. The molecule has 2 amide bonds. The predicted octanol–water partition coefficient (Wildman–Crippen LogP) is 7.32. The van der Waals surface area contributed by atoms with Gasteiger partial charge in [0, 0.05) is 34.3 Å². The number of anilines is 1. The number of alkyl halides is 3. The van der Waals surface area contributed by atoms with Gasteiger partial charge in [0.1, 0.15) is 0 Å². The van der Waals surface area contributed by atoms with Crippen molar-refractivity contribution in [2.45, 2.75) is 94.4 Å². The molecule has 0 aromatic heterocycles. The quantitative estimate of drug-likeness (QED) is 0.306. The Labute approximate surface area is 261 Å². The highest BCUT2D eigenvalue weighted by molar-refractivity contribution is 6.31. The van der Waals surface area contributed by atoms with Gasteiger partial charge in [0.2, 0.25) is 0 Å². The number of ether oxygens (including phenoxy) is 2. The number of methoxy groups -OCH3 is 2. The van der Waals surface area contributed by atoms with Gasteiger partial charge in [-0.2, -0.15) is 13.2 Å². The lowest BCUT2D eigenvalue weighted by Crippen LogP contribution is -2.55. The van der Waals surface area contributed by atoms with Crippen LogP contribution in [0.4, 0.5) is 23.7 Å². The summed E-state index contributed by atoms with van der Waals surface area (Å²) in [5.41, 5.74) is 3.15. The Morgan fingerprint density at radius 2 is 1.68 bits per heavy atom. The van der Waals surface area contributed by atoms with E-state index < -0.39 is 12.1 Å². The van der Waals surface area contributed by atoms with Gasteiger partial charge in [-0.1, -0.05) is 43.0 Å². The molecule has 3 N–H and O–H groups in total. The van der Waals surface area contributed by atoms with E-state index in [0.29, 0.717) is 17.1 Å². The van der Waals surface area contributed by atoms with E-state index in [0.717, 1.165) is 55.0 Å². The van der Waals surface area contributed by atoms with Crippen LogP contribution in [0, 0.1) is 6.92 Å². The summed E-state index contributed by atoms with van der Waals surface area (Å²) in [4.78, 5) is 24.7. The highest BCUT2D eigenvalue weighted by Crippen LogP contribution is 2.51. The molecule has 2 aromatic carbocycles. The van der Waals surface area contributed by atoms with Crippen LogP contribution in [-0.4, -0.2) is 67.1 Å². The third kappa shape index (κ3) is 7.72.